The molecule has 1 aliphatic rings. The van der Waals surface area contributed by atoms with Crippen molar-refractivity contribution >= 4 is 26.8 Å². The average molecular weight is 519 g/mol. The molecule has 1 aliphatic carbocycles. The fourth-order valence-corrected chi connectivity index (χ4v) is 5.75. The number of nitrogens with one attached hydrogen (secondary N) is 2. The van der Waals surface area contributed by atoms with Gasteiger partial charge in [0.2, 0.25) is 10.0 Å². The lowest BCUT2D eigenvalue weighted by molar-refractivity contribution is 0.0974. The lowest BCUT2D eigenvalue weighted by atomic mass is 10.0. The second kappa shape index (κ2) is 9.33. The Morgan fingerprint density at radius 3 is 2.65 bits per heavy atom. The molecule has 5 rings (SSSR count). The van der Waals surface area contributed by atoms with Gasteiger partial charge in [0.1, 0.15) is 11.5 Å². The number of aromatic nitrogens is 2. The number of benzene rings is 2. The lowest BCUT2D eigenvalue weighted by Gasteiger charge is -2.14. The van der Waals surface area contributed by atoms with Gasteiger partial charge in [-0.1, -0.05) is 19.1 Å². The predicted octanol–water partition coefficient (Wildman–Crippen LogP) is 3.84. The highest BCUT2D eigenvalue weighted by molar-refractivity contribution is 7.91. The fraction of sp³-hybridized carbons (Fsp3) is 0.222. The minimum atomic E-state index is -3.91. The van der Waals surface area contributed by atoms with Crippen LogP contribution in [0.3, 0.4) is 0 Å². The number of aryl methyl sites for hydroxylation is 1. The molecule has 37 heavy (non-hydrogen) atoms. The van der Waals surface area contributed by atoms with Crippen molar-refractivity contribution in [2.45, 2.75) is 38.0 Å². The minimum Gasteiger partial charge on any atom is -0.331 e. The molecule has 2 aromatic heterocycles. The number of amides is 1. The van der Waals surface area contributed by atoms with E-state index in [1.807, 2.05) is 25.1 Å². The second-order valence-electron chi connectivity index (χ2n) is 9.02. The van der Waals surface area contributed by atoms with Crippen molar-refractivity contribution in [1.82, 2.24) is 14.3 Å². The molecule has 4 aromatic rings. The van der Waals surface area contributed by atoms with Crippen LogP contribution in [-0.4, -0.2) is 29.1 Å². The van der Waals surface area contributed by atoms with E-state index in [1.54, 1.807) is 18.2 Å². The first-order chi connectivity index (χ1) is 17.7. The van der Waals surface area contributed by atoms with Gasteiger partial charge in [-0.2, -0.15) is 5.26 Å². The summed E-state index contributed by atoms with van der Waals surface area (Å²) in [7, 11) is -3.91. The standard InChI is InChI=1S/C27H23FN4O4S/c1-2-16-6-10-23-21(12-16)24(20-4-3-11-30-26(20)33)25(27(34)31-37(35,36)19-8-9-19)32(23)15-18-7-5-17(14-29)13-22(18)28/h3-7,10-13,19H,2,8-9,15H2,1H3,(H,30,33)(H,31,34). The number of aromatic amines is 1. The molecular weight excluding hydrogens is 495 g/mol. The molecule has 2 aromatic carbocycles. The van der Waals surface area contributed by atoms with E-state index in [0.29, 0.717) is 30.2 Å². The number of rotatable bonds is 7. The van der Waals surface area contributed by atoms with Crippen molar-refractivity contribution in [2.24, 2.45) is 0 Å². The molecule has 10 heteroatoms. The van der Waals surface area contributed by atoms with Gasteiger partial charge in [-0.05, 0) is 61.2 Å². The zero-order valence-electron chi connectivity index (χ0n) is 19.9. The molecule has 0 atom stereocenters. The van der Waals surface area contributed by atoms with Crippen molar-refractivity contribution in [3.8, 4) is 17.2 Å². The van der Waals surface area contributed by atoms with Crippen LogP contribution in [0, 0.1) is 17.1 Å². The highest BCUT2D eigenvalue weighted by Gasteiger charge is 2.38. The maximum Gasteiger partial charge on any atom is 0.282 e. The Labute approximate surface area is 212 Å². The Balaban J connectivity index is 1.80. The van der Waals surface area contributed by atoms with Gasteiger partial charge < -0.3 is 9.55 Å². The van der Waals surface area contributed by atoms with Crippen LogP contribution in [0.15, 0.2) is 59.5 Å². The number of fused-ring (bicyclic) bond motifs is 1. The number of nitriles is 1. The van der Waals surface area contributed by atoms with E-state index < -0.39 is 32.6 Å². The first-order valence-corrected chi connectivity index (χ1v) is 13.4. The molecule has 0 aliphatic heterocycles. The summed E-state index contributed by atoms with van der Waals surface area (Å²) in [5, 5.41) is 9.03. The van der Waals surface area contributed by atoms with Crippen LogP contribution in [0.5, 0.6) is 0 Å². The molecule has 0 bridgehead atoms. The number of pyridine rings is 1. The molecule has 2 N–H and O–H groups in total. The Hall–Kier alpha value is -4.23. The molecule has 2 heterocycles. The number of sulfonamides is 1. The normalized spacial score (nSPS) is 13.4. The Kier molecular flexibility index (Phi) is 6.17. The number of hydrogen-bond acceptors (Lipinski definition) is 5. The Morgan fingerprint density at radius 2 is 2.00 bits per heavy atom. The highest BCUT2D eigenvalue weighted by atomic mass is 32.2. The van der Waals surface area contributed by atoms with E-state index >= 15 is 0 Å². The van der Waals surface area contributed by atoms with Gasteiger partial charge in [0.15, 0.2) is 0 Å². The zero-order chi connectivity index (χ0) is 26.3. The summed E-state index contributed by atoms with van der Waals surface area (Å²) in [4.78, 5) is 29.2. The van der Waals surface area contributed by atoms with Crippen molar-refractivity contribution < 1.29 is 17.6 Å². The van der Waals surface area contributed by atoms with Gasteiger partial charge in [0.05, 0.1) is 23.4 Å². The van der Waals surface area contributed by atoms with Crippen molar-refractivity contribution in [1.29, 1.82) is 5.26 Å². The molecule has 188 valence electrons. The predicted molar refractivity (Wildman–Crippen MR) is 137 cm³/mol. The number of carbonyl (C=O) groups is 1. The summed E-state index contributed by atoms with van der Waals surface area (Å²) in [5.41, 5.74) is 1.77. The number of hydrogen-bond donors (Lipinski definition) is 2. The second-order valence-corrected chi connectivity index (χ2v) is 11.0. The third-order valence-corrected chi connectivity index (χ3v) is 8.37. The van der Waals surface area contributed by atoms with Crippen LogP contribution in [0.25, 0.3) is 22.0 Å². The SMILES string of the molecule is CCc1ccc2c(c1)c(-c1ccc[nH]c1=O)c(C(=O)NS(=O)(=O)C1CC1)n2Cc1ccc(C#N)cc1F. The van der Waals surface area contributed by atoms with Gasteiger partial charge in [0, 0.05) is 33.8 Å². The van der Waals surface area contributed by atoms with Crippen LogP contribution >= 0.6 is 0 Å². The first kappa shape index (κ1) is 24.5. The summed E-state index contributed by atoms with van der Waals surface area (Å²) in [6.45, 7) is 1.84. The largest absolute Gasteiger partial charge is 0.331 e. The molecule has 1 saturated carbocycles. The first-order valence-electron chi connectivity index (χ1n) is 11.8. The number of H-pyrrole nitrogens is 1. The van der Waals surface area contributed by atoms with Crippen LogP contribution in [-0.2, 0) is 23.0 Å². The molecule has 8 nitrogen and oxygen atoms in total. The maximum atomic E-state index is 14.9. The van der Waals surface area contributed by atoms with Crippen molar-refractivity contribution in [2.75, 3.05) is 0 Å². The third kappa shape index (κ3) is 4.54. The summed E-state index contributed by atoms with van der Waals surface area (Å²) >= 11 is 0. The topological polar surface area (TPSA) is 125 Å². The fourth-order valence-electron chi connectivity index (χ4n) is 4.47. The number of nitrogens with zero attached hydrogens (tertiary/aromatic N) is 2. The summed E-state index contributed by atoms with van der Waals surface area (Å²) in [5.74, 6) is -1.53. The van der Waals surface area contributed by atoms with Crippen LogP contribution < -0.4 is 10.3 Å². The minimum absolute atomic E-state index is 0.0621. The van der Waals surface area contributed by atoms with Gasteiger partial charge >= 0.3 is 0 Å². The van der Waals surface area contributed by atoms with Gasteiger partial charge in [-0.15, -0.1) is 0 Å². The van der Waals surface area contributed by atoms with Crippen molar-refractivity contribution in [3.05, 3.63) is 93.3 Å². The Morgan fingerprint density at radius 1 is 1.22 bits per heavy atom. The Bertz CT molecular complexity index is 1760. The smallest absolute Gasteiger partial charge is 0.282 e. The molecule has 1 amide bonds. The molecule has 0 radical (unpaired) electrons. The highest BCUT2D eigenvalue weighted by Crippen LogP contribution is 2.36. The van der Waals surface area contributed by atoms with E-state index in [1.165, 1.54) is 22.9 Å². The number of halogens is 1. The van der Waals surface area contributed by atoms with E-state index in [2.05, 4.69) is 9.71 Å². The van der Waals surface area contributed by atoms with Gasteiger partial charge in [-0.3, -0.25) is 9.59 Å². The molecule has 0 saturated heterocycles. The number of carbonyl (C=O) groups excluding carboxylic acids is 1. The summed E-state index contributed by atoms with van der Waals surface area (Å²) in [6, 6.07) is 14.6. The zero-order valence-corrected chi connectivity index (χ0v) is 20.7. The van der Waals surface area contributed by atoms with E-state index in [0.717, 1.165) is 11.6 Å². The molecule has 1 fully saturated rings. The quantitative estimate of drug-likeness (QED) is 0.385. The van der Waals surface area contributed by atoms with Gasteiger partial charge in [0.25, 0.3) is 11.5 Å². The van der Waals surface area contributed by atoms with Crippen LogP contribution in [0.2, 0.25) is 0 Å². The average Bonchev–Trinajstić information content (AvgIpc) is 3.69. The van der Waals surface area contributed by atoms with E-state index in [-0.39, 0.29) is 34.5 Å². The van der Waals surface area contributed by atoms with Gasteiger partial charge in [-0.25, -0.2) is 17.5 Å². The summed E-state index contributed by atoms with van der Waals surface area (Å²) < 4.78 is 44.0. The molecule has 0 spiro atoms. The maximum absolute atomic E-state index is 14.9. The summed E-state index contributed by atoms with van der Waals surface area (Å²) in [6.07, 6.45) is 3.08. The van der Waals surface area contributed by atoms with Crippen LogP contribution in [0.4, 0.5) is 4.39 Å². The van der Waals surface area contributed by atoms with Crippen molar-refractivity contribution in [3.63, 3.8) is 0 Å². The van der Waals surface area contributed by atoms with Crippen LogP contribution in [0.1, 0.15) is 46.9 Å². The lowest BCUT2D eigenvalue weighted by Crippen LogP contribution is -2.35. The third-order valence-electron chi connectivity index (χ3n) is 6.55. The monoisotopic (exact) mass is 518 g/mol. The molecule has 0 unspecified atom stereocenters. The molecular formula is C27H23FN4O4S. The van der Waals surface area contributed by atoms with E-state index in [9.17, 15) is 22.4 Å². The van der Waals surface area contributed by atoms with E-state index in [4.69, 9.17) is 5.26 Å².